The fourth-order valence-corrected chi connectivity index (χ4v) is 4.87. The third-order valence-corrected chi connectivity index (χ3v) is 7.28. The van der Waals surface area contributed by atoms with Crippen molar-refractivity contribution in [3.63, 3.8) is 0 Å². The van der Waals surface area contributed by atoms with Crippen LogP contribution in [-0.2, 0) is 19.1 Å². The lowest BCUT2D eigenvalue weighted by molar-refractivity contribution is -0.150. The average Bonchev–Trinajstić information content (AvgIpc) is 2.89. The average molecular weight is 540 g/mol. The second-order valence-electron chi connectivity index (χ2n) is 11.1. The molecule has 0 spiro atoms. The van der Waals surface area contributed by atoms with E-state index in [0.29, 0.717) is 12.8 Å². The van der Waals surface area contributed by atoms with Gasteiger partial charge in [-0.25, -0.2) is 0 Å². The molecule has 0 aliphatic rings. The van der Waals surface area contributed by atoms with Gasteiger partial charge >= 0.3 is 11.9 Å². The normalized spacial score (nSPS) is 11.8. The van der Waals surface area contributed by atoms with Crippen LogP contribution in [0.15, 0.2) is 0 Å². The molecule has 1 atom stereocenters. The van der Waals surface area contributed by atoms with Crippen molar-refractivity contribution < 1.29 is 24.2 Å². The first-order valence-electron chi connectivity index (χ1n) is 16.2. The van der Waals surface area contributed by atoms with Gasteiger partial charge in [0, 0.05) is 12.8 Å². The first kappa shape index (κ1) is 36.4. The summed E-state index contributed by atoms with van der Waals surface area (Å²) in [6.45, 7) is 4.16. The monoisotopic (exact) mass is 539 g/mol. The smallest absolute Gasteiger partial charge is 0.322 e. The van der Waals surface area contributed by atoms with E-state index in [1.54, 1.807) is 0 Å². The summed E-state index contributed by atoms with van der Waals surface area (Å²) in [4.78, 5) is 34.6. The number of nitrogens with one attached hydrogen (secondary N) is 1. The number of carbonyl (C=O) groups is 3. The van der Waals surface area contributed by atoms with Crippen LogP contribution < -0.4 is 5.32 Å². The predicted molar refractivity (Wildman–Crippen MR) is 157 cm³/mol. The zero-order chi connectivity index (χ0) is 28.1. The van der Waals surface area contributed by atoms with Crippen molar-refractivity contribution in [2.24, 2.45) is 0 Å². The molecule has 0 heterocycles. The van der Waals surface area contributed by atoms with Crippen LogP contribution in [0.5, 0.6) is 0 Å². The Bertz CT molecular complexity index is 566. The summed E-state index contributed by atoms with van der Waals surface area (Å²) in [5, 5.41) is 11.0. The van der Waals surface area contributed by atoms with Gasteiger partial charge in [-0.2, -0.15) is 0 Å². The molecule has 0 aromatic carbocycles. The molecule has 38 heavy (non-hydrogen) atoms. The summed E-state index contributed by atoms with van der Waals surface area (Å²) >= 11 is 0. The lowest BCUT2D eigenvalue weighted by Crippen LogP contribution is -2.28. The molecule has 0 aliphatic carbocycles. The first-order chi connectivity index (χ1) is 18.5. The summed E-state index contributed by atoms with van der Waals surface area (Å²) in [7, 11) is 0. The van der Waals surface area contributed by atoms with Gasteiger partial charge in [0.15, 0.2) is 0 Å². The quantitative estimate of drug-likeness (QED) is 0.0731. The summed E-state index contributed by atoms with van der Waals surface area (Å²) < 4.78 is 5.90. The Balaban J connectivity index is 3.98. The number of carboxylic acids is 1. The Labute approximate surface area is 234 Å². The standard InChI is InChI=1S/C32H61NO5/c1-3-5-7-9-10-11-12-13-14-15-17-23-27-32(37)38-29(24-20-16-8-6-4-2)25-21-18-19-22-26-30(34)33-28-31(35)36/h29H,3-28H2,1-2H3,(H,33,34)(H,35,36). The van der Waals surface area contributed by atoms with Crippen molar-refractivity contribution in [2.45, 2.75) is 180 Å². The van der Waals surface area contributed by atoms with E-state index in [4.69, 9.17) is 9.84 Å². The molecule has 0 saturated heterocycles. The van der Waals surface area contributed by atoms with E-state index in [2.05, 4.69) is 19.2 Å². The van der Waals surface area contributed by atoms with Crippen molar-refractivity contribution >= 4 is 17.8 Å². The number of carboxylic acid groups (broad SMARTS) is 1. The Morgan fingerprint density at radius 1 is 0.579 bits per heavy atom. The fourth-order valence-electron chi connectivity index (χ4n) is 4.87. The third-order valence-electron chi connectivity index (χ3n) is 7.28. The van der Waals surface area contributed by atoms with Crippen LogP contribution in [0.2, 0.25) is 0 Å². The maximum Gasteiger partial charge on any atom is 0.322 e. The van der Waals surface area contributed by atoms with E-state index in [1.165, 1.54) is 89.9 Å². The van der Waals surface area contributed by atoms with E-state index in [0.717, 1.165) is 57.8 Å². The van der Waals surface area contributed by atoms with Gasteiger partial charge in [-0.1, -0.05) is 123 Å². The molecule has 0 aromatic heterocycles. The van der Waals surface area contributed by atoms with Crippen LogP contribution >= 0.6 is 0 Å². The first-order valence-corrected chi connectivity index (χ1v) is 16.2. The molecule has 6 nitrogen and oxygen atoms in total. The minimum atomic E-state index is -1.02. The van der Waals surface area contributed by atoms with E-state index in [1.807, 2.05) is 0 Å². The molecule has 224 valence electrons. The molecule has 2 N–H and O–H groups in total. The minimum absolute atomic E-state index is 0.0142. The van der Waals surface area contributed by atoms with Crippen LogP contribution in [0.1, 0.15) is 174 Å². The summed E-state index contributed by atoms with van der Waals surface area (Å²) in [6, 6.07) is 0. The summed E-state index contributed by atoms with van der Waals surface area (Å²) in [5.41, 5.74) is 0. The molecule has 0 radical (unpaired) electrons. The van der Waals surface area contributed by atoms with Gasteiger partial charge in [-0.15, -0.1) is 0 Å². The molecular weight excluding hydrogens is 478 g/mol. The van der Waals surface area contributed by atoms with Crippen molar-refractivity contribution in [3.8, 4) is 0 Å². The summed E-state index contributed by atoms with van der Waals surface area (Å²) in [5.74, 6) is -1.26. The molecule has 0 rings (SSSR count). The van der Waals surface area contributed by atoms with Gasteiger partial charge in [-0.3, -0.25) is 14.4 Å². The van der Waals surface area contributed by atoms with Crippen molar-refractivity contribution in [2.75, 3.05) is 6.54 Å². The maximum atomic E-state index is 12.5. The predicted octanol–water partition coefficient (Wildman–Crippen LogP) is 8.89. The van der Waals surface area contributed by atoms with Crippen LogP contribution in [0.3, 0.4) is 0 Å². The number of rotatable bonds is 29. The van der Waals surface area contributed by atoms with Gasteiger partial charge in [0.05, 0.1) is 0 Å². The number of ether oxygens (including phenoxy) is 1. The molecular formula is C32H61NO5. The fraction of sp³-hybridized carbons (Fsp3) is 0.906. The number of esters is 1. The number of carbonyl (C=O) groups excluding carboxylic acids is 2. The Morgan fingerprint density at radius 2 is 0.974 bits per heavy atom. The molecule has 1 unspecified atom stereocenters. The van der Waals surface area contributed by atoms with Gasteiger partial charge in [-0.05, 0) is 38.5 Å². The highest BCUT2D eigenvalue weighted by molar-refractivity contribution is 5.80. The Kier molecular flexibility index (Phi) is 27.2. The molecule has 0 fully saturated rings. The van der Waals surface area contributed by atoms with Crippen LogP contribution in [0.25, 0.3) is 0 Å². The Morgan fingerprint density at radius 3 is 1.42 bits per heavy atom. The second kappa shape index (κ2) is 28.4. The van der Waals surface area contributed by atoms with Crippen molar-refractivity contribution in [1.82, 2.24) is 5.32 Å². The Hall–Kier alpha value is -1.59. The zero-order valence-corrected chi connectivity index (χ0v) is 25.0. The SMILES string of the molecule is CCCCCCCCCCCCCCC(=O)OC(CCCCCCC)CCCCCCC(=O)NCC(=O)O. The number of unbranched alkanes of at least 4 members (excludes halogenated alkanes) is 18. The molecule has 0 saturated carbocycles. The van der Waals surface area contributed by atoms with Crippen molar-refractivity contribution in [3.05, 3.63) is 0 Å². The zero-order valence-electron chi connectivity index (χ0n) is 25.0. The van der Waals surface area contributed by atoms with Gasteiger partial charge in [0.25, 0.3) is 0 Å². The largest absolute Gasteiger partial charge is 0.480 e. The van der Waals surface area contributed by atoms with E-state index >= 15 is 0 Å². The van der Waals surface area contributed by atoms with E-state index < -0.39 is 5.97 Å². The molecule has 1 amide bonds. The molecule has 0 aromatic rings. The number of amides is 1. The number of hydrogen-bond acceptors (Lipinski definition) is 4. The van der Waals surface area contributed by atoms with E-state index in [9.17, 15) is 14.4 Å². The van der Waals surface area contributed by atoms with Gasteiger partial charge in [0.2, 0.25) is 5.91 Å². The van der Waals surface area contributed by atoms with Crippen LogP contribution in [0, 0.1) is 0 Å². The third kappa shape index (κ3) is 27.4. The lowest BCUT2D eigenvalue weighted by atomic mass is 10.0. The number of aliphatic carboxylic acids is 1. The molecule has 0 aliphatic heterocycles. The van der Waals surface area contributed by atoms with E-state index in [-0.39, 0.29) is 24.5 Å². The highest BCUT2D eigenvalue weighted by atomic mass is 16.5. The maximum absolute atomic E-state index is 12.5. The van der Waals surface area contributed by atoms with Crippen LogP contribution in [0.4, 0.5) is 0 Å². The molecule has 0 bridgehead atoms. The van der Waals surface area contributed by atoms with Gasteiger partial charge < -0.3 is 15.2 Å². The minimum Gasteiger partial charge on any atom is -0.480 e. The lowest BCUT2D eigenvalue weighted by Gasteiger charge is -2.18. The van der Waals surface area contributed by atoms with Crippen LogP contribution in [-0.4, -0.2) is 35.6 Å². The summed E-state index contributed by atoms with van der Waals surface area (Å²) in [6.07, 6.45) is 28.0. The molecule has 6 heteroatoms. The number of hydrogen-bond donors (Lipinski definition) is 2. The highest BCUT2D eigenvalue weighted by Crippen LogP contribution is 2.18. The highest BCUT2D eigenvalue weighted by Gasteiger charge is 2.14. The second-order valence-corrected chi connectivity index (χ2v) is 11.1. The van der Waals surface area contributed by atoms with Gasteiger partial charge in [0.1, 0.15) is 12.6 Å². The topological polar surface area (TPSA) is 92.7 Å². The van der Waals surface area contributed by atoms with Crippen molar-refractivity contribution in [1.29, 1.82) is 0 Å².